The second-order valence-corrected chi connectivity index (χ2v) is 5.13. The number of hydrogen-bond acceptors (Lipinski definition) is 5. The van der Waals surface area contributed by atoms with Crippen LogP contribution in [0.5, 0.6) is 11.5 Å². The van der Waals surface area contributed by atoms with Crippen molar-refractivity contribution >= 4 is 19.4 Å². The molecule has 0 heterocycles. The number of benzene rings is 1. The minimum atomic E-state index is -3.61. The van der Waals surface area contributed by atoms with Gasteiger partial charge >= 0.3 is 7.82 Å². The van der Waals surface area contributed by atoms with E-state index in [1.165, 1.54) is 0 Å². The van der Waals surface area contributed by atoms with E-state index >= 15 is 0 Å². The van der Waals surface area contributed by atoms with Crippen molar-refractivity contribution in [3.63, 3.8) is 0 Å². The summed E-state index contributed by atoms with van der Waals surface area (Å²) < 4.78 is 32.4. The highest BCUT2D eigenvalue weighted by atomic mass is 35.5. The monoisotopic (exact) mass is 294 g/mol. The Morgan fingerprint density at radius 3 is 2.28 bits per heavy atom. The largest absolute Gasteiger partial charge is 0.530 e. The molecule has 0 saturated heterocycles. The van der Waals surface area contributed by atoms with Gasteiger partial charge in [-0.1, -0.05) is 0 Å². The van der Waals surface area contributed by atoms with Crippen molar-refractivity contribution in [1.82, 2.24) is 0 Å². The highest BCUT2D eigenvalue weighted by Crippen LogP contribution is 2.49. The van der Waals surface area contributed by atoms with E-state index < -0.39 is 7.82 Å². The SMILES string of the molecule is CCOP(=O)(OCCCl)Oc1ccc(OC)cc1. The van der Waals surface area contributed by atoms with Gasteiger partial charge in [-0.25, -0.2) is 4.57 Å². The molecule has 0 bridgehead atoms. The topological polar surface area (TPSA) is 54.0 Å². The Labute approximate surface area is 112 Å². The van der Waals surface area contributed by atoms with Crippen LogP contribution in [0.2, 0.25) is 0 Å². The van der Waals surface area contributed by atoms with Crippen LogP contribution < -0.4 is 9.26 Å². The van der Waals surface area contributed by atoms with Crippen molar-refractivity contribution in [2.75, 3.05) is 26.2 Å². The van der Waals surface area contributed by atoms with Gasteiger partial charge in [0.25, 0.3) is 0 Å². The molecule has 0 aliphatic carbocycles. The van der Waals surface area contributed by atoms with Gasteiger partial charge in [-0.15, -0.1) is 11.6 Å². The van der Waals surface area contributed by atoms with E-state index in [0.29, 0.717) is 11.5 Å². The van der Waals surface area contributed by atoms with E-state index in [4.69, 9.17) is 29.9 Å². The van der Waals surface area contributed by atoms with E-state index in [9.17, 15) is 4.57 Å². The average molecular weight is 295 g/mol. The Bertz CT molecular complexity index is 395. The Balaban J connectivity index is 2.72. The lowest BCUT2D eigenvalue weighted by atomic mass is 10.3. The molecule has 0 spiro atoms. The van der Waals surface area contributed by atoms with Crippen molar-refractivity contribution in [3.8, 4) is 11.5 Å². The Hall–Kier alpha value is -0.740. The van der Waals surface area contributed by atoms with Crippen molar-refractivity contribution in [2.24, 2.45) is 0 Å². The summed E-state index contributed by atoms with van der Waals surface area (Å²) in [6, 6.07) is 6.61. The van der Waals surface area contributed by atoms with Gasteiger partial charge in [0, 0.05) is 5.88 Å². The number of hydrogen-bond donors (Lipinski definition) is 0. The van der Waals surface area contributed by atoms with Gasteiger partial charge in [0.2, 0.25) is 0 Å². The fourth-order valence-electron chi connectivity index (χ4n) is 1.16. The number of phosphoric ester groups is 1. The predicted octanol–water partition coefficient (Wildman–Crippen LogP) is 3.47. The third-order valence-electron chi connectivity index (χ3n) is 1.89. The first kappa shape index (κ1) is 15.3. The molecule has 18 heavy (non-hydrogen) atoms. The summed E-state index contributed by atoms with van der Waals surface area (Å²) in [5.74, 6) is 1.26. The van der Waals surface area contributed by atoms with E-state index in [-0.39, 0.29) is 19.1 Å². The smallest absolute Gasteiger partial charge is 0.497 e. The number of methoxy groups -OCH3 is 1. The molecule has 1 rings (SSSR count). The summed E-state index contributed by atoms with van der Waals surface area (Å²) >= 11 is 5.48. The number of ether oxygens (including phenoxy) is 1. The molecule has 0 radical (unpaired) electrons. The van der Waals surface area contributed by atoms with E-state index in [2.05, 4.69) is 0 Å². The lowest BCUT2D eigenvalue weighted by molar-refractivity contribution is 0.168. The molecule has 0 aromatic heterocycles. The molecule has 102 valence electrons. The summed E-state index contributed by atoms with van der Waals surface area (Å²) in [7, 11) is -2.05. The zero-order valence-electron chi connectivity index (χ0n) is 10.3. The number of rotatable bonds is 8. The minimum absolute atomic E-state index is 0.0923. The van der Waals surface area contributed by atoms with Crippen molar-refractivity contribution in [3.05, 3.63) is 24.3 Å². The third kappa shape index (κ3) is 4.86. The predicted molar refractivity (Wildman–Crippen MR) is 69.5 cm³/mol. The fraction of sp³-hybridized carbons (Fsp3) is 0.455. The lowest BCUT2D eigenvalue weighted by Crippen LogP contribution is -2.04. The maximum absolute atomic E-state index is 12.1. The second-order valence-electron chi connectivity index (χ2n) is 3.15. The average Bonchev–Trinajstić information content (AvgIpc) is 2.38. The summed E-state index contributed by atoms with van der Waals surface area (Å²) in [6.07, 6.45) is 0. The van der Waals surface area contributed by atoms with E-state index in [1.807, 2.05) is 0 Å². The zero-order valence-corrected chi connectivity index (χ0v) is 11.9. The first-order valence-corrected chi connectivity index (χ1v) is 7.41. The van der Waals surface area contributed by atoms with Crippen LogP contribution in [0, 0.1) is 0 Å². The molecular formula is C11H16ClO5P. The first-order chi connectivity index (χ1) is 8.63. The van der Waals surface area contributed by atoms with Gasteiger partial charge in [-0.2, -0.15) is 0 Å². The zero-order chi connectivity index (χ0) is 13.4. The van der Waals surface area contributed by atoms with E-state index in [1.54, 1.807) is 38.3 Å². The van der Waals surface area contributed by atoms with Crippen LogP contribution in [0.15, 0.2) is 24.3 Å². The summed E-state index contributed by atoms with van der Waals surface area (Å²) in [5, 5.41) is 0. The van der Waals surface area contributed by atoms with E-state index in [0.717, 1.165) is 0 Å². The van der Waals surface area contributed by atoms with Gasteiger partial charge in [0.15, 0.2) is 0 Å². The van der Waals surface area contributed by atoms with Crippen molar-refractivity contribution in [1.29, 1.82) is 0 Å². The molecule has 0 aliphatic rings. The van der Waals surface area contributed by atoms with Gasteiger partial charge in [-0.05, 0) is 31.2 Å². The van der Waals surface area contributed by atoms with Crippen molar-refractivity contribution in [2.45, 2.75) is 6.92 Å². The maximum Gasteiger partial charge on any atom is 0.530 e. The first-order valence-electron chi connectivity index (χ1n) is 5.42. The fourth-order valence-corrected chi connectivity index (χ4v) is 2.54. The van der Waals surface area contributed by atoms with Crippen LogP contribution in [0.1, 0.15) is 6.92 Å². The molecule has 1 aromatic rings. The quantitative estimate of drug-likeness (QED) is 0.543. The summed E-state index contributed by atoms with van der Waals surface area (Å²) in [6.45, 7) is 2.01. The van der Waals surface area contributed by atoms with Gasteiger partial charge in [0.05, 0.1) is 20.3 Å². The van der Waals surface area contributed by atoms with Crippen LogP contribution in [-0.2, 0) is 13.6 Å². The molecule has 5 nitrogen and oxygen atoms in total. The van der Waals surface area contributed by atoms with Gasteiger partial charge < -0.3 is 9.26 Å². The number of phosphoric acid groups is 1. The standard InChI is InChI=1S/C11H16ClO5P/c1-3-15-18(13,16-9-8-12)17-11-6-4-10(14-2)5-7-11/h4-7H,3,8-9H2,1-2H3. The van der Waals surface area contributed by atoms with Crippen LogP contribution in [0.25, 0.3) is 0 Å². The Kier molecular flexibility index (Phi) is 6.50. The van der Waals surface area contributed by atoms with Crippen molar-refractivity contribution < 1.29 is 22.9 Å². The van der Waals surface area contributed by atoms with Gasteiger partial charge in [0.1, 0.15) is 11.5 Å². The molecule has 0 aliphatic heterocycles. The molecule has 7 heteroatoms. The maximum atomic E-state index is 12.1. The molecule has 0 amide bonds. The number of alkyl halides is 1. The van der Waals surface area contributed by atoms with Crippen LogP contribution >= 0.6 is 19.4 Å². The van der Waals surface area contributed by atoms with Crippen LogP contribution in [-0.4, -0.2) is 26.2 Å². The molecule has 0 fully saturated rings. The normalized spacial score (nSPS) is 13.9. The molecule has 1 unspecified atom stereocenters. The summed E-state index contributed by atoms with van der Waals surface area (Å²) in [4.78, 5) is 0. The minimum Gasteiger partial charge on any atom is -0.497 e. The Morgan fingerprint density at radius 1 is 1.17 bits per heavy atom. The summed E-state index contributed by atoms with van der Waals surface area (Å²) in [5.41, 5.74) is 0. The second kappa shape index (κ2) is 7.64. The molecule has 1 aromatic carbocycles. The highest BCUT2D eigenvalue weighted by Gasteiger charge is 2.27. The van der Waals surface area contributed by atoms with Crippen LogP contribution in [0.4, 0.5) is 0 Å². The Morgan fingerprint density at radius 2 is 1.78 bits per heavy atom. The molecule has 0 saturated carbocycles. The highest BCUT2D eigenvalue weighted by molar-refractivity contribution is 7.48. The third-order valence-corrected chi connectivity index (χ3v) is 3.55. The van der Waals surface area contributed by atoms with Gasteiger partial charge in [-0.3, -0.25) is 9.05 Å². The number of halogens is 1. The molecule has 1 atom stereocenters. The molecular weight excluding hydrogens is 279 g/mol. The van der Waals surface area contributed by atoms with Crippen LogP contribution in [0.3, 0.4) is 0 Å². The molecule has 0 N–H and O–H groups in total. The lowest BCUT2D eigenvalue weighted by Gasteiger charge is -2.17.